The first-order chi connectivity index (χ1) is 12.7. The van der Waals surface area contributed by atoms with E-state index in [0.717, 1.165) is 29.4 Å². The molecule has 0 fully saturated rings. The predicted molar refractivity (Wildman–Crippen MR) is 104 cm³/mol. The SMILES string of the molecule is CCCn1ccnc1SCC(=O)NCc1ccc(-c2ccc(Cl)cc2)o1. The van der Waals surface area contributed by atoms with E-state index in [0.29, 0.717) is 23.1 Å². The molecule has 0 saturated heterocycles. The number of hydrogen-bond acceptors (Lipinski definition) is 4. The number of furan rings is 1. The van der Waals surface area contributed by atoms with Crippen LogP contribution in [0, 0.1) is 0 Å². The Morgan fingerprint density at radius 1 is 1.27 bits per heavy atom. The second-order valence-corrected chi connectivity index (χ2v) is 7.12. The van der Waals surface area contributed by atoms with Gasteiger partial charge < -0.3 is 14.3 Å². The first-order valence-corrected chi connectivity index (χ1v) is 9.77. The van der Waals surface area contributed by atoms with Crippen LogP contribution in [0.2, 0.25) is 5.02 Å². The lowest BCUT2D eigenvalue weighted by Gasteiger charge is -2.06. The standard InChI is InChI=1S/C19H20ClN3O2S/c1-2-10-23-11-9-21-19(23)26-13-18(24)22-12-16-7-8-17(25-16)14-3-5-15(20)6-4-14/h3-9,11H,2,10,12-13H2,1H3,(H,22,24). The van der Waals surface area contributed by atoms with E-state index >= 15 is 0 Å². The summed E-state index contributed by atoms with van der Waals surface area (Å²) < 4.78 is 7.84. The Bertz CT molecular complexity index is 858. The van der Waals surface area contributed by atoms with Crippen molar-refractivity contribution in [1.82, 2.24) is 14.9 Å². The van der Waals surface area contributed by atoms with Crippen LogP contribution >= 0.6 is 23.4 Å². The average molecular weight is 390 g/mol. The van der Waals surface area contributed by atoms with Gasteiger partial charge in [-0.15, -0.1) is 0 Å². The lowest BCUT2D eigenvalue weighted by atomic mass is 10.2. The van der Waals surface area contributed by atoms with Gasteiger partial charge in [0, 0.05) is 29.5 Å². The number of benzene rings is 1. The van der Waals surface area contributed by atoms with Crippen LogP contribution in [-0.4, -0.2) is 21.2 Å². The molecule has 0 saturated carbocycles. The molecular formula is C19H20ClN3O2S. The van der Waals surface area contributed by atoms with E-state index in [1.807, 2.05) is 42.6 Å². The smallest absolute Gasteiger partial charge is 0.230 e. The number of carbonyl (C=O) groups excluding carboxylic acids is 1. The predicted octanol–water partition coefficient (Wildman–Crippen LogP) is 4.62. The highest BCUT2D eigenvalue weighted by Crippen LogP contribution is 2.23. The number of halogens is 1. The number of hydrogen-bond donors (Lipinski definition) is 1. The van der Waals surface area contributed by atoms with E-state index in [-0.39, 0.29) is 5.91 Å². The van der Waals surface area contributed by atoms with Crippen LogP contribution in [0.5, 0.6) is 0 Å². The number of aryl methyl sites for hydroxylation is 1. The van der Waals surface area contributed by atoms with Crippen molar-refractivity contribution in [1.29, 1.82) is 0 Å². The molecule has 0 radical (unpaired) electrons. The van der Waals surface area contributed by atoms with E-state index < -0.39 is 0 Å². The van der Waals surface area contributed by atoms with Crippen molar-refractivity contribution in [3.8, 4) is 11.3 Å². The van der Waals surface area contributed by atoms with Gasteiger partial charge in [-0.05, 0) is 42.8 Å². The molecule has 3 rings (SSSR count). The van der Waals surface area contributed by atoms with Crippen molar-refractivity contribution in [3.63, 3.8) is 0 Å². The number of rotatable bonds is 8. The second-order valence-electron chi connectivity index (χ2n) is 5.74. The number of carbonyl (C=O) groups is 1. The topological polar surface area (TPSA) is 60.1 Å². The molecule has 5 nitrogen and oxygen atoms in total. The first kappa shape index (κ1) is 18.6. The summed E-state index contributed by atoms with van der Waals surface area (Å²) in [6.45, 7) is 3.38. The fourth-order valence-corrected chi connectivity index (χ4v) is 3.40. The summed E-state index contributed by atoms with van der Waals surface area (Å²) in [5, 5.41) is 4.43. The zero-order valence-electron chi connectivity index (χ0n) is 14.4. The number of thioether (sulfide) groups is 1. The van der Waals surface area contributed by atoms with Crippen LogP contribution in [0.3, 0.4) is 0 Å². The Labute approximate surface area is 161 Å². The van der Waals surface area contributed by atoms with Crippen molar-refractivity contribution in [2.75, 3.05) is 5.75 Å². The second kappa shape index (κ2) is 8.96. The summed E-state index contributed by atoms with van der Waals surface area (Å²) in [7, 11) is 0. The molecule has 136 valence electrons. The maximum absolute atomic E-state index is 12.1. The Kier molecular flexibility index (Phi) is 6.41. The third kappa shape index (κ3) is 4.93. The van der Waals surface area contributed by atoms with Crippen LogP contribution in [0.1, 0.15) is 19.1 Å². The normalized spacial score (nSPS) is 10.8. The quantitative estimate of drug-likeness (QED) is 0.571. The summed E-state index contributed by atoms with van der Waals surface area (Å²) in [5.74, 6) is 1.74. The van der Waals surface area contributed by atoms with E-state index in [9.17, 15) is 4.79 Å². The van der Waals surface area contributed by atoms with Crippen molar-refractivity contribution >= 4 is 29.3 Å². The van der Waals surface area contributed by atoms with Gasteiger partial charge in [-0.2, -0.15) is 0 Å². The van der Waals surface area contributed by atoms with Gasteiger partial charge in [-0.25, -0.2) is 4.98 Å². The van der Waals surface area contributed by atoms with Gasteiger partial charge in [0.05, 0.1) is 12.3 Å². The zero-order valence-corrected chi connectivity index (χ0v) is 16.0. The molecule has 0 atom stereocenters. The molecule has 2 aromatic heterocycles. The molecule has 0 bridgehead atoms. The number of amides is 1. The molecule has 1 N–H and O–H groups in total. The molecule has 3 aromatic rings. The molecule has 0 aliphatic rings. The van der Waals surface area contributed by atoms with Gasteiger partial charge in [0.15, 0.2) is 5.16 Å². The Balaban J connectivity index is 1.49. The van der Waals surface area contributed by atoms with Gasteiger partial charge in [-0.3, -0.25) is 4.79 Å². The lowest BCUT2D eigenvalue weighted by Crippen LogP contribution is -2.24. The third-order valence-electron chi connectivity index (χ3n) is 3.72. The molecule has 2 heterocycles. The summed E-state index contributed by atoms with van der Waals surface area (Å²) in [6, 6.07) is 11.2. The van der Waals surface area contributed by atoms with E-state index in [1.165, 1.54) is 11.8 Å². The van der Waals surface area contributed by atoms with Crippen molar-refractivity contribution in [2.45, 2.75) is 31.6 Å². The highest BCUT2D eigenvalue weighted by molar-refractivity contribution is 7.99. The van der Waals surface area contributed by atoms with Crippen LogP contribution in [0.25, 0.3) is 11.3 Å². The molecule has 0 spiro atoms. The van der Waals surface area contributed by atoms with Crippen LogP contribution in [0.4, 0.5) is 0 Å². The van der Waals surface area contributed by atoms with Crippen LogP contribution < -0.4 is 5.32 Å². The molecule has 1 amide bonds. The largest absolute Gasteiger partial charge is 0.459 e. The summed E-state index contributed by atoms with van der Waals surface area (Å²) in [6.07, 6.45) is 4.73. The third-order valence-corrected chi connectivity index (χ3v) is 4.98. The fraction of sp³-hybridized carbons (Fsp3) is 0.263. The van der Waals surface area contributed by atoms with Gasteiger partial charge in [0.2, 0.25) is 5.91 Å². The molecule has 7 heteroatoms. The molecule has 26 heavy (non-hydrogen) atoms. The highest BCUT2D eigenvalue weighted by Gasteiger charge is 2.09. The Hall–Kier alpha value is -2.18. The first-order valence-electron chi connectivity index (χ1n) is 8.41. The monoisotopic (exact) mass is 389 g/mol. The summed E-state index contributed by atoms with van der Waals surface area (Å²) in [5.41, 5.74) is 0.949. The highest BCUT2D eigenvalue weighted by atomic mass is 35.5. The van der Waals surface area contributed by atoms with Gasteiger partial charge >= 0.3 is 0 Å². The number of imidazole rings is 1. The molecular weight excluding hydrogens is 370 g/mol. The number of nitrogens with one attached hydrogen (secondary N) is 1. The Morgan fingerprint density at radius 3 is 2.85 bits per heavy atom. The van der Waals surface area contributed by atoms with Gasteiger partial charge in [-0.1, -0.05) is 30.3 Å². The maximum atomic E-state index is 12.1. The minimum Gasteiger partial charge on any atom is -0.459 e. The molecule has 0 aliphatic heterocycles. The Morgan fingerprint density at radius 2 is 2.08 bits per heavy atom. The van der Waals surface area contributed by atoms with E-state index in [2.05, 4.69) is 21.8 Å². The molecule has 1 aromatic carbocycles. The fourth-order valence-electron chi connectivity index (χ4n) is 2.46. The van der Waals surface area contributed by atoms with Crippen LogP contribution in [-0.2, 0) is 17.9 Å². The average Bonchev–Trinajstić information content (AvgIpc) is 3.29. The summed E-state index contributed by atoms with van der Waals surface area (Å²) >= 11 is 7.33. The lowest BCUT2D eigenvalue weighted by molar-refractivity contribution is -0.118. The number of aromatic nitrogens is 2. The number of nitrogens with zero attached hydrogens (tertiary/aromatic N) is 2. The molecule has 0 unspecified atom stereocenters. The summed E-state index contributed by atoms with van der Waals surface area (Å²) in [4.78, 5) is 16.4. The minimum absolute atomic E-state index is 0.0505. The van der Waals surface area contributed by atoms with Crippen molar-refractivity contribution in [3.05, 3.63) is 59.6 Å². The van der Waals surface area contributed by atoms with Crippen molar-refractivity contribution in [2.24, 2.45) is 0 Å². The van der Waals surface area contributed by atoms with Gasteiger partial charge in [0.25, 0.3) is 0 Å². The molecule has 0 aliphatic carbocycles. The van der Waals surface area contributed by atoms with E-state index in [4.69, 9.17) is 16.0 Å². The van der Waals surface area contributed by atoms with Gasteiger partial charge in [0.1, 0.15) is 11.5 Å². The van der Waals surface area contributed by atoms with Crippen molar-refractivity contribution < 1.29 is 9.21 Å². The minimum atomic E-state index is -0.0505. The zero-order chi connectivity index (χ0) is 18.4. The van der Waals surface area contributed by atoms with Crippen LogP contribution in [0.15, 0.2) is 58.4 Å². The maximum Gasteiger partial charge on any atom is 0.230 e. The van der Waals surface area contributed by atoms with E-state index in [1.54, 1.807) is 6.20 Å².